The maximum atomic E-state index is 11.9. The molecule has 0 amide bonds. The Labute approximate surface area is 197 Å². The molecule has 0 aliphatic heterocycles. The Balaban J connectivity index is 0.000000268. The van der Waals surface area contributed by atoms with E-state index in [1.807, 2.05) is 58.9 Å². The molecule has 0 radical (unpaired) electrons. The minimum Gasteiger partial charge on any atom is -0.566 e. The molecular weight excluding hydrogens is 435 g/mol. The zero-order valence-corrected chi connectivity index (χ0v) is 20.9. The van der Waals surface area contributed by atoms with Gasteiger partial charge in [0.25, 0.3) is 0 Å². The second kappa shape index (κ2) is 11.9. The Bertz CT molecular complexity index is 1040. The Kier molecular flexibility index (Phi) is 9.48. The fraction of sp³-hybridized carbons (Fsp3) is 0.296. The van der Waals surface area contributed by atoms with E-state index in [0.717, 1.165) is 16.7 Å². The molecule has 174 valence electrons. The summed E-state index contributed by atoms with van der Waals surface area (Å²) in [7, 11) is -3.09. The molecule has 0 bridgehead atoms. The molecular formula is C27H31O5P. The number of aryl methyl sites for hydroxylation is 2. The van der Waals surface area contributed by atoms with Crippen molar-refractivity contribution >= 4 is 14.2 Å². The molecule has 0 heterocycles. The summed E-state index contributed by atoms with van der Waals surface area (Å²) in [6.07, 6.45) is -1.17. The van der Waals surface area contributed by atoms with Crippen LogP contribution in [0.4, 0.5) is 0 Å². The van der Waals surface area contributed by atoms with Crippen LogP contribution in [0.25, 0.3) is 11.1 Å². The van der Waals surface area contributed by atoms with Crippen molar-refractivity contribution in [2.45, 2.75) is 53.1 Å². The smallest absolute Gasteiger partial charge is 0.489 e. The van der Waals surface area contributed by atoms with Crippen LogP contribution in [0.2, 0.25) is 0 Å². The third kappa shape index (κ3) is 8.21. The summed E-state index contributed by atoms with van der Waals surface area (Å²) in [5.41, 5.74) is 5.14. The van der Waals surface area contributed by atoms with Crippen LogP contribution in [0.15, 0.2) is 72.8 Å². The highest BCUT2D eigenvalue weighted by Crippen LogP contribution is 2.35. The first-order valence-corrected chi connectivity index (χ1v) is 11.8. The standard InChI is InChI=1S/C15H21O5P.C12H10/c1-9-7-10(2)13(12(8-9)15(4,5)6)19-14(16)11(3)20-21(17)18;1-3-7-11(8-4-1)12-9-5-2-6-10-12/h7-8,11H,1-6H3;1-10H. The number of benzene rings is 3. The van der Waals surface area contributed by atoms with Crippen LogP contribution in [-0.2, 0) is 19.3 Å². The summed E-state index contributed by atoms with van der Waals surface area (Å²) in [5.74, 6) is -0.263. The Morgan fingerprint density at radius 1 is 0.909 bits per heavy atom. The number of rotatable bonds is 5. The van der Waals surface area contributed by atoms with Crippen molar-refractivity contribution < 1.29 is 23.5 Å². The van der Waals surface area contributed by atoms with E-state index in [-0.39, 0.29) is 5.41 Å². The fourth-order valence-corrected chi connectivity index (χ4v) is 3.61. The summed E-state index contributed by atoms with van der Waals surface area (Å²) >= 11 is 0. The molecule has 0 spiro atoms. The predicted octanol–water partition coefficient (Wildman–Crippen LogP) is 6.28. The quantitative estimate of drug-likeness (QED) is 0.251. The minimum absolute atomic E-state index is 0.208. The van der Waals surface area contributed by atoms with E-state index < -0.39 is 20.3 Å². The molecule has 0 N–H and O–H groups in total. The number of hydrogen-bond donors (Lipinski definition) is 0. The molecule has 0 saturated heterocycles. The van der Waals surface area contributed by atoms with E-state index in [1.54, 1.807) is 0 Å². The van der Waals surface area contributed by atoms with Gasteiger partial charge in [-0.15, -0.1) is 4.52 Å². The van der Waals surface area contributed by atoms with Gasteiger partial charge in [0.1, 0.15) is 5.75 Å². The topological polar surface area (TPSA) is 75.7 Å². The Morgan fingerprint density at radius 2 is 1.39 bits per heavy atom. The summed E-state index contributed by atoms with van der Waals surface area (Å²) in [6, 6.07) is 24.7. The highest BCUT2D eigenvalue weighted by Gasteiger charge is 2.27. The molecule has 0 aromatic heterocycles. The maximum Gasteiger partial charge on any atom is 0.489 e. The summed E-state index contributed by atoms with van der Waals surface area (Å²) in [4.78, 5) is 22.5. The first-order chi connectivity index (χ1) is 15.5. The van der Waals surface area contributed by atoms with Gasteiger partial charge >= 0.3 is 14.2 Å². The van der Waals surface area contributed by atoms with Crippen LogP contribution in [-0.4, -0.2) is 12.1 Å². The van der Waals surface area contributed by atoms with E-state index in [2.05, 4.69) is 53.1 Å². The van der Waals surface area contributed by atoms with Crippen molar-refractivity contribution in [1.82, 2.24) is 0 Å². The monoisotopic (exact) mass is 466 g/mol. The number of carbonyl (C=O) groups excluding carboxylic acids is 1. The third-order valence-electron chi connectivity index (χ3n) is 4.89. The molecule has 0 saturated carbocycles. The average Bonchev–Trinajstić information content (AvgIpc) is 2.76. The number of hydrogen-bond acceptors (Lipinski definition) is 5. The first-order valence-electron chi connectivity index (χ1n) is 10.7. The van der Waals surface area contributed by atoms with E-state index in [9.17, 15) is 14.3 Å². The van der Waals surface area contributed by atoms with Crippen molar-refractivity contribution in [2.75, 3.05) is 0 Å². The van der Waals surface area contributed by atoms with E-state index >= 15 is 0 Å². The number of ether oxygens (including phenoxy) is 1. The van der Waals surface area contributed by atoms with Crippen LogP contribution >= 0.6 is 8.25 Å². The highest BCUT2D eigenvalue weighted by molar-refractivity contribution is 7.30. The molecule has 3 aromatic carbocycles. The zero-order chi connectivity index (χ0) is 24.6. The fourth-order valence-electron chi connectivity index (χ4n) is 3.26. The molecule has 3 rings (SSSR count). The molecule has 2 unspecified atom stereocenters. The third-order valence-corrected chi connectivity index (χ3v) is 5.38. The second-order valence-electron chi connectivity index (χ2n) is 8.83. The molecule has 0 fully saturated rings. The van der Waals surface area contributed by atoms with Crippen molar-refractivity contribution in [3.05, 3.63) is 89.5 Å². The van der Waals surface area contributed by atoms with Crippen molar-refractivity contribution in [2.24, 2.45) is 0 Å². The second-order valence-corrected chi connectivity index (χ2v) is 9.49. The van der Waals surface area contributed by atoms with Gasteiger partial charge in [0.15, 0.2) is 0 Å². The van der Waals surface area contributed by atoms with Crippen LogP contribution in [0.3, 0.4) is 0 Å². The van der Waals surface area contributed by atoms with Gasteiger partial charge < -0.3 is 9.63 Å². The first kappa shape index (κ1) is 26.4. The summed E-state index contributed by atoms with van der Waals surface area (Å²) in [5, 5.41) is 0. The van der Waals surface area contributed by atoms with Gasteiger partial charge in [-0.25, -0.2) is 4.79 Å². The molecule has 0 aliphatic carbocycles. The lowest BCUT2D eigenvalue weighted by Gasteiger charge is -2.24. The van der Waals surface area contributed by atoms with Crippen LogP contribution in [0, 0.1) is 13.8 Å². The van der Waals surface area contributed by atoms with Gasteiger partial charge in [0.05, 0.1) is 0 Å². The van der Waals surface area contributed by atoms with E-state index in [4.69, 9.17) is 4.74 Å². The van der Waals surface area contributed by atoms with Crippen molar-refractivity contribution in [3.63, 3.8) is 0 Å². The lowest BCUT2D eigenvalue weighted by Crippen LogP contribution is -2.26. The molecule has 5 nitrogen and oxygen atoms in total. The van der Waals surface area contributed by atoms with Gasteiger partial charge in [-0.05, 0) is 47.4 Å². The largest absolute Gasteiger partial charge is 0.566 e. The highest BCUT2D eigenvalue weighted by atomic mass is 31.1. The zero-order valence-electron chi connectivity index (χ0n) is 20.0. The van der Waals surface area contributed by atoms with Gasteiger partial charge in [-0.2, -0.15) is 0 Å². The number of carbonyl (C=O) groups is 1. The normalized spacial score (nSPS) is 12.3. The SMILES string of the molecule is Cc1cc(C)c(OC(=O)C(C)O[P+](=O)[O-])c(C(C)(C)C)c1.c1ccc(-c2ccccc2)cc1. The molecule has 33 heavy (non-hydrogen) atoms. The van der Waals surface area contributed by atoms with E-state index in [1.165, 1.54) is 18.1 Å². The molecule has 3 aromatic rings. The lowest BCUT2D eigenvalue weighted by molar-refractivity contribution is -0.191. The summed E-state index contributed by atoms with van der Waals surface area (Å²) in [6.45, 7) is 11.2. The molecule has 2 atom stereocenters. The van der Waals surface area contributed by atoms with Crippen LogP contribution in [0.5, 0.6) is 5.75 Å². The van der Waals surface area contributed by atoms with Crippen molar-refractivity contribution in [3.8, 4) is 16.9 Å². The van der Waals surface area contributed by atoms with Crippen molar-refractivity contribution in [1.29, 1.82) is 0 Å². The van der Waals surface area contributed by atoms with Crippen LogP contribution in [0.1, 0.15) is 44.4 Å². The maximum absolute atomic E-state index is 11.9. The molecule has 0 aliphatic rings. The van der Waals surface area contributed by atoms with E-state index in [0.29, 0.717) is 5.75 Å². The Morgan fingerprint density at radius 3 is 1.82 bits per heavy atom. The van der Waals surface area contributed by atoms with Gasteiger partial charge in [0.2, 0.25) is 6.10 Å². The van der Waals surface area contributed by atoms with Crippen LogP contribution < -0.4 is 9.63 Å². The van der Waals surface area contributed by atoms with Gasteiger partial charge in [-0.1, -0.05) is 99.1 Å². The summed E-state index contributed by atoms with van der Waals surface area (Å²) < 4.78 is 20.4. The Hall–Kier alpha value is -2.85. The molecule has 6 heteroatoms. The average molecular weight is 467 g/mol. The predicted molar refractivity (Wildman–Crippen MR) is 130 cm³/mol. The number of esters is 1. The van der Waals surface area contributed by atoms with Gasteiger partial charge in [-0.3, -0.25) is 0 Å². The minimum atomic E-state index is -3.09. The lowest BCUT2D eigenvalue weighted by atomic mass is 9.84. The van der Waals surface area contributed by atoms with Gasteiger partial charge in [0, 0.05) is 5.56 Å².